The summed E-state index contributed by atoms with van der Waals surface area (Å²) in [6, 6.07) is 2.02. The maximum absolute atomic E-state index is 12.0. The summed E-state index contributed by atoms with van der Waals surface area (Å²) in [5.74, 6) is 1.20. The van der Waals surface area contributed by atoms with Crippen LogP contribution in [-0.4, -0.2) is 54.5 Å². The molecule has 0 spiro atoms. The van der Waals surface area contributed by atoms with Gasteiger partial charge >= 0.3 is 0 Å². The molecular formula is C19H20N8O. The highest BCUT2D eigenvalue weighted by molar-refractivity contribution is 5.78. The summed E-state index contributed by atoms with van der Waals surface area (Å²) in [5, 5.41) is 16.5. The zero-order chi connectivity index (χ0) is 19.5. The van der Waals surface area contributed by atoms with Gasteiger partial charge in [0.25, 0.3) is 0 Å². The Bertz CT molecular complexity index is 1050. The first-order valence-electron chi connectivity index (χ1n) is 9.18. The highest BCUT2D eigenvalue weighted by atomic mass is 16.2. The Kier molecular flexibility index (Phi) is 4.85. The molecule has 1 saturated heterocycles. The normalized spacial score (nSPS) is 16.7. The average Bonchev–Trinajstić information content (AvgIpc) is 3.14. The fourth-order valence-corrected chi connectivity index (χ4v) is 3.42. The van der Waals surface area contributed by atoms with Crippen LogP contribution in [0.1, 0.15) is 24.8 Å². The lowest BCUT2D eigenvalue weighted by Gasteiger charge is -2.33. The van der Waals surface area contributed by atoms with Crippen LogP contribution in [0.2, 0.25) is 0 Å². The largest absolute Gasteiger partial charge is 0.365 e. The van der Waals surface area contributed by atoms with Crippen molar-refractivity contribution in [2.24, 2.45) is 0 Å². The van der Waals surface area contributed by atoms with E-state index >= 15 is 0 Å². The van der Waals surface area contributed by atoms with Gasteiger partial charge in [-0.15, -0.1) is 0 Å². The van der Waals surface area contributed by atoms with Crippen LogP contribution in [-0.2, 0) is 4.79 Å². The van der Waals surface area contributed by atoms with Gasteiger partial charge in [0.15, 0.2) is 5.82 Å². The fraction of sp³-hybridized carbons (Fsp3) is 0.368. The first kappa shape index (κ1) is 17.9. The Hall–Kier alpha value is -3.54. The first-order chi connectivity index (χ1) is 13.7. The zero-order valence-corrected chi connectivity index (χ0v) is 15.5. The van der Waals surface area contributed by atoms with Crippen molar-refractivity contribution in [1.82, 2.24) is 29.5 Å². The molecule has 1 N–H and O–H groups in total. The van der Waals surface area contributed by atoms with Crippen LogP contribution < -0.4 is 5.32 Å². The number of nitrogens with zero attached hydrogens (tertiary/aromatic N) is 7. The van der Waals surface area contributed by atoms with Crippen LogP contribution in [0.5, 0.6) is 0 Å². The molecule has 1 aliphatic rings. The first-order valence-corrected chi connectivity index (χ1v) is 9.18. The Balaban J connectivity index is 1.56. The molecule has 0 aliphatic carbocycles. The van der Waals surface area contributed by atoms with Gasteiger partial charge in [0, 0.05) is 43.3 Å². The van der Waals surface area contributed by atoms with Crippen molar-refractivity contribution in [2.75, 3.05) is 18.4 Å². The third-order valence-corrected chi connectivity index (χ3v) is 4.88. The van der Waals surface area contributed by atoms with Gasteiger partial charge in [-0.2, -0.15) is 10.4 Å². The van der Waals surface area contributed by atoms with Crippen molar-refractivity contribution in [1.29, 1.82) is 5.26 Å². The second kappa shape index (κ2) is 7.60. The number of piperidine rings is 1. The second-order valence-electron chi connectivity index (χ2n) is 6.85. The fourth-order valence-electron chi connectivity index (χ4n) is 3.42. The van der Waals surface area contributed by atoms with Crippen LogP contribution in [0.15, 0.2) is 31.0 Å². The van der Waals surface area contributed by atoms with Crippen LogP contribution in [0, 0.1) is 18.3 Å². The summed E-state index contributed by atoms with van der Waals surface area (Å²) in [6.45, 7) is 3.22. The lowest BCUT2D eigenvalue weighted by atomic mass is 10.1. The number of amides is 1. The number of hydrogen-bond acceptors (Lipinski definition) is 7. The number of rotatable bonds is 4. The molecule has 0 radical (unpaired) electrons. The number of anilines is 1. The predicted molar refractivity (Wildman–Crippen MR) is 102 cm³/mol. The molecule has 142 valence electrons. The van der Waals surface area contributed by atoms with E-state index in [1.807, 2.05) is 13.0 Å². The van der Waals surface area contributed by atoms with E-state index in [1.54, 1.807) is 40.4 Å². The van der Waals surface area contributed by atoms with Crippen LogP contribution in [0.25, 0.3) is 16.9 Å². The molecule has 1 fully saturated rings. The topological polar surface area (TPSA) is 112 Å². The number of hydrogen-bond donors (Lipinski definition) is 1. The Morgan fingerprint density at radius 3 is 3.14 bits per heavy atom. The number of nitrogens with one attached hydrogen (secondary N) is 1. The molecule has 3 aromatic heterocycles. The van der Waals surface area contributed by atoms with E-state index in [4.69, 9.17) is 10.2 Å². The summed E-state index contributed by atoms with van der Waals surface area (Å²) >= 11 is 0. The van der Waals surface area contributed by atoms with Crippen molar-refractivity contribution in [3.05, 3.63) is 36.5 Å². The Morgan fingerprint density at radius 2 is 2.29 bits per heavy atom. The Labute approximate surface area is 162 Å². The van der Waals surface area contributed by atoms with Gasteiger partial charge in [-0.1, -0.05) is 0 Å². The van der Waals surface area contributed by atoms with Gasteiger partial charge in [0.05, 0.1) is 29.5 Å². The lowest BCUT2D eigenvalue weighted by molar-refractivity contribution is -0.131. The smallest absolute Gasteiger partial charge is 0.236 e. The van der Waals surface area contributed by atoms with Gasteiger partial charge in [0.2, 0.25) is 5.91 Å². The molecule has 1 atom stereocenters. The van der Waals surface area contributed by atoms with Gasteiger partial charge in [-0.25, -0.2) is 14.5 Å². The summed E-state index contributed by atoms with van der Waals surface area (Å²) in [7, 11) is 0. The quantitative estimate of drug-likeness (QED) is 0.739. The highest BCUT2D eigenvalue weighted by Crippen LogP contribution is 2.24. The van der Waals surface area contributed by atoms with E-state index in [9.17, 15) is 4.79 Å². The standard InChI is InChI=1S/C19H20N8O/c1-13-9-22-19(15-10-23-27-8-6-21-11-16(15)27)25-18(13)24-14-3-2-7-26(12-14)17(28)4-5-20/h6,8-11,14H,2-4,7,12H2,1H3,(H,22,24,25)/t14-/m1/s1. The summed E-state index contributed by atoms with van der Waals surface area (Å²) in [4.78, 5) is 27.1. The minimum Gasteiger partial charge on any atom is -0.365 e. The zero-order valence-electron chi connectivity index (χ0n) is 15.5. The van der Waals surface area contributed by atoms with E-state index in [0.717, 1.165) is 35.3 Å². The van der Waals surface area contributed by atoms with Gasteiger partial charge < -0.3 is 10.2 Å². The summed E-state index contributed by atoms with van der Waals surface area (Å²) in [6.07, 6.45) is 10.5. The van der Waals surface area contributed by atoms with Gasteiger partial charge in [-0.3, -0.25) is 9.78 Å². The van der Waals surface area contributed by atoms with Crippen molar-refractivity contribution in [3.8, 4) is 17.5 Å². The van der Waals surface area contributed by atoms with Crippen LogP contribution in [0.4, 0.5) is 5.82 Å². The number of nitriles is 1. The molecule has 4 heterocycles. The molecule has 9 heteroatoms. The van der Waals surface area contributed by atoms with E-state index in [0.29, 0.717) is 18.9 Å². The monoisotopic (exact) mass is 376 g/mol. The molecule has 0 unspecified atom stereocenters. The predicted octanol–water partition coefficient (Wildman–Crippen LogP) is 1.81. The molecule has 1 amide bonds. The molecule has 9 nitrogen and oxygen atoms in total. The molecule has 4 rings (SSSR count). The molecule has 3 aromatic rings. The maximum atomic E-state index is 12.0. The molecule has 0 bridgehead atoms. The van der Waals surface area contributed by atoms with E-state index in [-0.39, 0.29) is 18.4 Å². The third kappa shape index (κ3) is 3.49. The summed E-state index contributed by atoms with van der Waals surface area (Å²) in [5.41, 5.74) is 2.58. The minimum absolute atomic E-state index is 0.0772. The molecule has 28 heavy (non-hydrogen) atoms. The number of aromatic nitrogens is 5. The van der Waals surface area contributed by atoms with Crippen LogP contribution in [0.3, 0.4) is 0 Å². The molecule has 1 aliphatic heterocycles. The van der Waals surface area contributed by atoms with E-state index < -0.39 is 0 Å². The van der Waals surface area contributed by atoms with Crippen molar-refractivity contribution < 1.29 is 4.79 Å². The Morgan fingerprint density at radius 1 is 1.39 bits per heavy atom. The van der Waals surface area contributed by atoms with Crippen LogP contribution >= 0.6 is 0 Å². The number of carbonyl (C=O) groups excluding carboxylic acids is 1. The average molecular weight is 376 g/mol. The second-order valence-corrected chi connectivity index (χ2v) is 6.85. The number of likely N-dealkylation sites (tertiary alicyclic amines) is 1. The maximum Gasteiger partial charge on any atom is 0.236 e. The molecule has 0 saturated carbocycles. The lowest BCUT2D eigenvalue weighted by Crippen LogP contribution is -2.45. The van der Waals surface area contributed by atoms with E-state index in [1.165, 1.54) is 0 Å². The van der Waals surface area contributed by atoms with Crippen molar-refractivity contribution >= 4 is 17.2 Å². The van der Waals surface area contributed by atoms with Gasteiger partial charge in [-0.05, 0) is 19.8 Å². The minimum atomic E-state index is -0.118. The molecular weight excluding hydrogens is 356 g/mol. The van der Waals surface area contributed by atoms with Crippen molar-refractivity contribution in [2.45, 2.75) is 32.2 Å². The number of aryl methyl sites for hydroxylation is 1. The van der Waals surface area contributed by atoms with Crippen molar-refractivity contribution in [3.63, 3.8) is 0 Å². The highest BCUT2D eigenvalue weighted by Gasteiger charge is 2.24. The number of fused-ring (bicyclic) bond motifs is 1. The number of carbonyl (C=O) groups is 1. The summed E-state index contributed by atoms with van der Waals surface area (Å²) < 4.78 is 1.73. The van der Waals surface area contributed by atoms with E-state index in [2.05, 4.69) is 20.4 Å². The third-order valence-electron chi connectivity index (χ3n) is 4.88. The van der Waals surface area contributed by atoms with Gasteiger partial charge in [0.1, 0.15) is 12.2 Å². The SMILES string of the molecule is Cc1cnc(-c2cnn3ccncc23)nc1N[C@@H]1CCCN(C(=O)CC#N)C1. The molecule has 0 aromatic carbocycles.